The average Bonchev–Trinajstić information content (AvgIpc) is 2.29. The Morgan fingerprint density at radius 2 is 1.81 bits per heavy atom. The third kappa shape index (κ3) is 2.67. The van der Waals surface area contributed by atoms with E-state index in [2.05, 4.69) is 6.92 Å². The van der Waals surface area contributed by atoms with Crippen molar-refractivity contribution in [3.05, 3.63) is 0 Å². The molecule has 0 spiro atoms. The van der Waals surface area contributed by atoms with Gasteiger partial charge in [0.25, 0.3) is 0 Å². The zero-order valence-electron chi connectivity index (χ0n) is 10.1. The van der Waals surface area contributed by atoms with Gasteiger partial charge < -0.3 is 14.9 Å². The molecule has 0 bridgehead atoms. The highest BCUT2D eigenvalue weighted by molar-refractivity contribution is 5.74. The minimum atomic E-state index is -0.318. The van der Waals surface area contributed by atoms with Crippen molar-refractivity contribution in [3.63, 3.8) is 0 Å². The molecule has 92 valence electrons. The Labute approximate surface area is 97.2 Å². The quantitative estimate of drug-likeness (QED) is 0.676. The number of hydrogen-bond donors (Lipinski definition) is 1. The molecule has 2 fully saturated rings. The molecule has 2 saturated heterocycles. The van der Waals surface area contributed by atoms with Gasteiger partial charge >= 0.3 is 6.03 Å². The van der Waals surface area contributed by atoms with Crippen LogP contribution in [-0.4, -0.2) is 53.2 Å². The van der Waals surface area contributed by atoms with Crippen LogP contribution in [0.1, 0.15) is 32.6 Å². The second-order valence-corrected chi connectivity index (χ2v) is 5.19. The van der Waals surface area contributed by atoms with Crippen molar-refractivity contribution in [1.82, 2.24) is 9.80 Å². The Kier molecular flexibility index (Phi) is 3.69. The van der Waals surface area contributed by atoms with E-state index >= 15 is 0 Å². The van der Waals surface area contributed by atoms with Crippen molar-refractivity contribution < 1.29 is 9.90 Å². The fourth-order valence-corrected chi connectivity index (χ4v) is 2.53. The lowest BCUT2D eigenvalue weighted by atomic mass is 9.99. The molecule has 0 saturated carbocycles. The molecule has 1 N–H and O–H groups in total. The Morgan fingerprint density at radius 1 is 1.12 bits per heavy atom. The molecule has 2 aliphatic rings. The standard InChI is InChI=1S/C12H22N2O2/c1-10-4-7-13(8-5-10)12(16)14-6-2-3-11(15)9-14/h10-11,15H,2-9H2,1H3/t11-/m0/s1. The van der Waals surface area contributed by atoms with Crippen LogP contribution < -0.4 is 0 Å². The van der Waals surface area contributed by atoms with E-state index in [1.54, 1.807) is 0 Å². The molecule has 2 amide bonds. The van der Waals surface area contributed by atoms with Crippen molar-refractivity contribution in [2.75, 3.05) is 26.2 Å². The van der Waals surface area contributed by atoms with Crippen LogP contribution >= 0.6 is 0 Å². The number of urea groups is 1. The predicted molar refractivity (Wildman–Crippen MR) is 62.2 cm³/mol. The monoisotopic (exact) mass is 226 g/mol. The third-order valence-electron chi connectivity index (χ3n) is 3.72. The maximum absolute atomic E-state index is 12.1. The molecule has 1 atom stereocenters. The molecule has 0 unspecified atom stereocenters. The van der Waals surface area contributed by atoms with Crippen LogP contribution in [0.25, 0.3) is 0 Å². The Bertz CT molecular complexity index is 249. The molecule has 0 radical (unpaired) electrons. The molecule has 0 aromatic heterocycles. The van der Waals surface area contributed by atoms with Crippen molar-refractivity contribution in [1.29, 1.82) is 0 Å². The molecule has 4 heteroatoms. The van der Waals surface area contributed by atoms with Crippen LogP contribution in [-0.2, 0) is 0 Å². The van der Waals surface area contributed by atoms with E-state index in [9.17, 15) is 9.90 Å². The topological polar surface area (TPSA) is 43.8 Å². The molecular formula is C12H22N2O2. The van der Waals surface area contributed by atoms with E-state index in [-0.39, 0.29) is 12.1 Å². The van der Waals surface area contributed by atoms with Gasteiger partial charge in [-0.15, -0.1) is 0 Å². The summed E-state index contributed by atoms with van der Waals surface area (Å²) in [6, 6.07) is 0.130. The summed E-state index contributed by atoms with van der Waals surface area (Å²) in [5.41, 5.74) is 0. The Balaban J connectivity index is 1.86. The van der Waals surface area contributed by atoms with Gasteiger partial charge in [-0.25, -0.2) is 4.79 Å². The number of rotatable bonds is 0. The highest BCUT2D eigenvalue weighted by Gasteiger charge is 2.27. The highest BCUT2D eigenvalue weighted by Crippen LogP contribution is 2.19. The summed E-state index contributed by atoms with van der Waals surface area (Å²) in [5.74, 6) is 0.746. The fraction of sp³-hybridized carbons (Fsp3) is 0.917. The fourth-order valence-electron chi connectivity index (χ4n) is 2.53. The predicted octanol–water partition coefficient (Wildman–Crippen LogP) is 1.30. The summed E-state index contributed by atoms with van der Waals surface area (Å²) in [6.45, 7) is 5.33. The van der Waals surface area contributed by atoms with Gasteiger partial charge in [0.05, 0.1) is 6.10 Å². The van der Waals surface area contributed by atoms with E-state index in [4.69, 9.17) is 0 Å². The van der Waals surface area contributed by atoms with Gasteiger partial charge in [-0.2, -0.15) is 0 Å². The molecule has 0 aromatic carbocycles. The summed E-state index contributed by atoms with van der Waals surface area (Å²) < 4.78 is 0. The highest BCUT2D eigenvalue weighted by atomic mass is 16.3. The lowest BCUT2D eigenvalue weighted by Crippen LogP contribution is -2.50. The number of carbonyl (C=O) groups is 1. The SMILES string of the molecule is CC1CCN(C(=O)N2CCC[C@H](O)C2)CC1. The van der Waals surface area contributed by atoms with Crippen LogP contribution in [0.4, 0.5) is 4.79 Å². The van der Waals surface area contributed by atoms with E-state index in [0.29, 0.717) is 6.54 Å². The number of β-amino-alcohol motifs (C(OH)–C–C–N with tert-alkyl or cyclic N) is 1. The third-order valence-corrected chi connectivity index (χ3v) is 3.72. The van der Waals surface area contributed by atoms with Crippen LogP contribution in [0.3, 0.4) is 0 Å². The number of amides is 2. The first kappa shape index (κ1) is 11.7. The number of piperidine rings is 2. The van der Waals surface area contributed by atoms with E-state index in [1.165, 1.54) is 0 Å². The van der Waals surface area contributed by atoms with Crippen molar-refractivity contribution in [2.24, 2.45) is 5.92 Å². The smallest absolute Gasteiger partial charge is 0.320 e. The average molecular weight is 226 g/mol. The summed E-state index contributed by atoms with van der Waals surface area (Å²) in [7, 11) is 0. The van der Waals surface area contributed by atoms with E-state index in [0.717, 1.165) is 51.2 Å². The molecule has 4 nitrogen and oxygen atoms in total. The summed E-state index contributed by atoms with van der Waals surface area (Å²) in [4.78, 5) is 15.9. The zero-order valence-corrected chi connectivity index (χ0v) is 10.1. The van der Waals surface area contributed by atoms with Crippen molar-refractivity contribution >= 4 is 6.03 Å². The van der Waals surface area contributed by atoms with Crippen molar-refractivity contribution in [2.45, 2.75) is 38.7 Å². The number of aliphatic hydroxyl groups is 1. The van der Waals surface area contributed by atoms with Gasteiger partial charge in [0.2, 0.25) is 0 Å². The molecule has 0 aromatic rings. The van der Waals surface area contributed by atoms with Gasteiger partial charge in [-0.3, -0.25) is 0 Å². The first-order valence-electron chi connectivity index (χ1n) is 6.38. The van der Waals surface area contributed by atoms with Gasteiger partial charge in [0, 0.05) is 26.2 Å². The molecule has 16 heavy (non-hydrogen) atoms. The summed E-state index contributed by atoms with van der Waals surface area (Å²) >= 11 is 0. The Morgan fingerprint density at radius 3 is 2.44 bits per heavy atom. The van der Waals surface area contributed by atoms with Crippen LogP contribution in [0.15, 0.2) is 0 Å². The molecule has 2 heterocycles. The normalized spacial score (nSPS) is 28.2. The van der Waals surface area contributed by atoms with Crippen LogP contribution in [0.2, 0.25) is 0 Å². The van der Waals surface area contributed by atoms with Crippen LogP contribution in [0, 0.1) is 5.92 Å². The summed E-state index contributed by atoms with van der Waals surface area (Å²) in [5, 5.41) is 9.56. The Hall–Kier alpha value is -0.770. The molecule has 0 aliphatic carbocycles. The van der Waals surface area contributed by atoms with Gasteiger partial charge in [-0.1, -0.05) is 6.92 Å². The first-order valence-corrected chi connectivity index (χ1v) is 6.38. The number of nitrogens with zero attached hydrogens (tertiary/aromatic N) is 2. The minimum absolute atomic E-state index is 0.130. The van der Waals surface area contributed by atoms with Gasteiger partial charge in [-0.05, 0) is 31.6 Å². The second-order valence-electron chi connectivity index (χ2n) is 5.19. The molecule has 2 rings (SSSR count). The number of carbonyl (C=O) groups excluding carboxylic acids is 1. The van der Waals surface area contributed by atoms with E-state index < -0.39 is 0 Å². The zero-order chi connectivity index (χ0) is 11.5. The lowest BCUT2D eigenvalue weighted by Gasteiger charge is -2.37. The van der Waals surface area contributed by atoms with Gasteiger partial charge in [0.1, 0.15) is 0 Å². The lowest BCUT2D eigenvalue weighted by molar-refractivity contribution is 0.0664. The largest absolute Gasteiger partial charge is 0.391 e. The minimum Gasteiger partial charge on any atom is -0.391 e. The maximum Gasteiger partial charge on any atom is 0.320 e. The first-order chi connectivity index (χ1) is 7.66. The van der Waals surface area contributed by atoms with Crippen molar-refractivity contribution in [3.8, 4) is 0 Å². The maximum atomic E-state index is 12.1. The number of hydrogen-bond acceptors (Lipinski definition) is 2. The van der Waals surface area contributed by atoms with Crippen LogP contribution in [0.5, 0.6) is 0 Å². The molecule has 2 aliphatic heterocycles. The molecular weight excluding hydrogens is 204 g/mol. The number of likely N-dealkylation sites (tertiary alicyclic amines) is 2. The second kappa shape index (κ2) is 5.04. The summed E-state index contributed by atoms with van der Waals surface area (Å²) in [6.07, 6.45) is 3.67. The van der Waals surface area contributed by atoms with E-state index in [1.807, 2.05) is 9.80 Å². The number of aliphatic hydroxyl groups excluding tert-OH is 1. The van der Waals surface area contributed by atoms with Gasteiger partial charge in [0.15, 0.2) is 0 Å².